The van der Waals surface area contributed by atoms with Gasteiger partial charge in [0, 0.05) is 30.9 Å². The normalized spacial score (nSPS) is 18.6. The Labute approximate surface area is 95.6 Å². The zero-order chi connectivity index (χ0) is 11.4. The highest BCUT2D eigenvalue weighted by Crippen LogP contribution is 2.29. The maximum Gasteiger partial charge on any atom is 0.222 e. The van der Waals surface area contributed by atoms with E-state index in [0.717, 1.165) is 31.2 Å². The maximum atomic E-state index is 11.7. The van der Waals surface area contributed by atoms with Gasteiger partial charge in [0.15, 0.2) is 0 Å². The van der Waals surface area contributed by atoms with Crippen molar-refractivity contribution >= 4 is 5.91 Å². The van der Waals surface area contributed by atoms with Crippen LogP contribution >= 0.6 is 0 Å². The zero-order valence-corrected chi connectivity index (χ0v) is 9.46. The quantitative estimate of drug-likeness (QED) is 0.717. The number of hydrogen-bond donors (Lipinski definition) is 3. The summed E-state index contributed by atoms with van der Waals surface area (Å²) in [5.74, 6) is 0.0607. The van der Waals surface area contributed by atoms with Crippen molar-refractivity contribution in [3.63, 3.8) is 0 Å². The highest BCUT2D eigenvalue weighted by molar-refractivity contribution is 5.77. The smallest absolute Gasteiger partial charge is 0.222 e. The van der Waals surface area contributed by atoms with Gasteiger partial charge in [-0.05, 0) is 24.5 Å². The van der Waals surface area contributed by atoms with Crippen LogP contribution in [0.2, 0.25) is 0 Å². The fourth-order valence-electron chi connectivity index (χ4n) is 2.31. The summed E-state index contributed by atoms with van der Waals surface area (Å²) >= 11 is 0. The molecule has 0 unspecified atom stereocenters. The van der Waals surface area contributed by atoms with E-state index in [0.29, 0.717) is 13.0 Å². The van der Waals surface area contributed by atoms with Gasteiger partial charge in [-0.2, -0.15) is 0 Å². The second-order valence-electron chi connectivity index (χ2n) is 4.74. The van der Waals surface area contributed by atoms with Crippen molar-refractivity contribution in [1.29, 1.82) is 0 Å². The zero-order valence-electron chi connectivity index (χ0n) is 9.46. The summed E-state index contributed by atoms with van der Waals surface area (Å²) in [6.07, 6.45) is 8.45. The number of rotatable bonds is 4. The van der Waals surface area contributed by atoms with Gasteiger partial charge in [-0.15, -0.1) is 0 Å². The lowest BCUT2D eigenvalue weighted by Crippen LogP contribution is -2.41. The fraction of sp³-hybridized carbons (Fsp3) is 0.583. The predicted molar refractivity (Wildman–Crippen MR) is 62.6 cm³/mol. The van der Waals surface area contributed by atoms with Crippen LogP contribution in [0.1, 0.15) is 37.7 Å². The molecule has 4 N–H and O–H groups in total. The first-order chi connectivity index (χ1) is 7.68. The van der Waals surface area contributed by atoms with Gasteiger partial charge in [-0.25, -0.2) is 0 Å². The number of nitrogens with two attached hydrogens (primary N) is 1. The predicted octanol–water partition coefficient (Wildman–Crippen LogP) is 1.29. The molecule has 0 bridgehead atoms. The van der Waals surface area contributed by atoms with Crippen LogP contribution in [-0.2, 0) is 11.3 Å². The Balaban J connectivity index is 1.76. The Kier molecular flexibility index (Phi) is 3.29. The van der Waals surface area contributed by atoms with Crippen molar-refractivity contribution in [3.8, 4) is 0 Å². The number of aromatic nitrogens is 1. The average molecular weight is 221 g/mol. The first kappa shape index (κ1) is 11.2. The molecular formula is C12H19N3O. The SMILES string of the molecule is NC1(CC(=O)NCc2cc[nH]c2)CCCC1. The van der Waals surface area contributed by atoms with E-state index in [4.69, 9.17) is 5.73 Å². The molecule has 0 radical (unpaired) electrons. The molecule has 88 valence electrons. The Morgan fingerprint density at radius 1 is 1.50 bits per heavy atom. The van der Waals surface area contributed by atoms with E-state index in [2.05, 4.69) is 10.3 Å². The molecule has 1 fully saturated rings. The van der Waals surface area contributed by atoms with Crippen molar-refractivity contribution in [1.82, 2.24) is 10.3 Å². The van der Waals surface area contributed by atoms with Crippen LogP contribution in [0.5, 0.6) is 0 Å². The van der Waals surface area contributed by atoms with Gasteiger partial charge in [0.2, 0.25) is 5.91 Å². The van der Waals surface area contributed by atoms with Crippen LogP contribution in [0.3, 0.4) is 0 Å². The highest BCUT2D eigenvalue weighted by Gasteiger charge is 2.31. The van der Waals surface area contributed by atoms with Gasteiger partial charge in [0.05, 0.1) is 0 Å². The lowest BCUT2D eigenvalue weighted by molar-refractivity contribution is -0.122. The Morgan fingerprint density at radius 2 is 2.25 bits per heavy atom. The monoisotopic (exact) mass is 221 g/mol. The highest BCUT2D eigenvalue weighted by atomic mass is 16.1. The Hall–Kier alpha value is -1.29. The molecule has 1 aromatic rings. The lowest BCUT2D eigenvalue weighted by Gasteiger charge is -2.22. The summed E-state index contributed by atoms with van der Waals surface area (Å²) in [5, 5.41) is 2.90. The molecule has 4 nitrogen and oxygen atoms in total. The van der Waals surface area contributed by atoms with Crippen LogP contribution < -0.4 is 11.1 Å². The molecule has 2 rings (SSSR count). The van der Waals surface area contributed by atoms with E-state index in [1.165, 1.54) is 0 Å². The lowest BCUT2D eigenvalue weighted by atomic mass is 9.94. The molecule has 1 aliphatic carbocycles. The van der Waals surface area contributed by atoms with Crippen molar-refractivity contribution in [2.24, 2.45) is 5.73 Å². The molecule has 0 saturated heterocycles. The van der Waals surface area contributed by atoms with Gasteiger partial charge >= 0.3 is 0 Å². The topological polar surface area (TPSA) is 70.9 Å². The van der Waals surface area contributed by atoms with Crippen molar-refractivity contribution in [2.75, 3.05) is 0 Å². The van der Waals surface area contributed by atoms with Crippen LogP contribution in [-0.4, -0.2) is 16.4 Å². The van der Waals surface area contributed by atoms with E-state index in [-0.39, 0.29) is 11.4 Å². The second-order valence-corrected chi connectivity index (χ2v) is 4.74. The van der Waals surface area contributed by atoms with E-state index in [9.17, 15) is 4.79 Å². The maximum absolute atomic E-state index is 11.7. The first-order valence-corrected chi connectivity index (χ1v) is 5.85. The summed E-state index contributed by atoms with van der Waals surface area (Å²) in [5.41, 5.74) is 6.98. The molecule has 1 amide bonds. The molecule has 16 heavy (non-hydrogen) atoms. The molecule has 1 aliphatic rings. The molecule has 0 aromatic carbocycles. The number of aromatic amines is 1. The largest absolute Gasteiger partial charge is 0.367 e. The third-order valence-electron chi connectivity index (χ3n) is 3.26. The number of H-pyrrole nitrogens is 1. The van der Waals surface area contributed by atoms with Crippen molar-refractivity contribution < 1.29 is 4.79 Å². The number of amides is 1. The van der Waals surface area contributed by atoms with Gasteiger partial charge in [-0.3, -0.25) is 4.79 Å². The molecule has 0 atom stereocenters. The number of nitrogens with one attached hydrogen (secondary N) is 2. The van der Waals surface area contributed by atoms with Crippen LogP contribution in [0.15, 0.2) is 18.5 Å². The van der Waals surface area contributed by atoms with Gasteiger partial charge in [0.1, 0.15) is 0 Å². The Morgan fingerprint density at radius 3 is 2.88 bits per heavy atom. The van der Waals surface area contributed by atoms with Crippen molar-refractivity contribution in [2.45, 2.75) is 44.2 Å². The minimum absolute atomic E-state index is 0.0607. The number of carbonyl (C=O) groups excluding carboxylic acids is 1. The molecule has 0 spiro atoms. The minimum atomic E-state index is -0.248. The van der Waals surface area contributed by atoms with Crippen LogP contribution in [0.4, 0.5) is 0 Å². The molecule has 1 aromatic heterocycles. The molecule has 0 aliphatic heterocycles. The minimum Gasteiger partial charge on any atom is -0.367 e. The first-order valence-electron chi connectivity index (χ1n) is 5.85. The van der Waals surface area contributed by atoms with Crippen LogP contribution in [0, 0.1) is 0 Å². The van der Waals surface area contributed by atoms with E-state index in [1.54, 1.807) is 0 Å². The van der Waals surface area contributed by atoms with E-state index >= 15 is 0 Å². The summed E-state index contributed by atoms with van der Waals surface area (Å²) in [6, 6.07) is 1.95. The molecule has 1 saturated carbocycles. The van der Waals surface area contributed by atoms with Gasteiger partial charge < -0.3 is 16.0 Å². The van der Waals surface area contributed by atoms with E-state index in [1.807, 2.05) is 18.5 Å². The molecule has 1 heterocycles. The third kappa shape index (κ3) is 2.85. The number of hydrogen-bond acceptors (Lipinski definition) is 2. The standard InChI is InChI=1S/C12H19N3O/c13-12(4-1-2-5-12)7-11(16)15-9-10-3-6-14-8-10/h3,6,8,14H,1-2,4-5,7,9,13H2,(H,15,16). The average Bonchev–Trinajstić information content (AvgIpc) is 2.86. The van der Waals surface area contributed by atoms with Gasteiger partial charge in [0.25, 0.3) is 0 Å². The summed E-state index contributed by atoms with van der Waals surface area (Å²) in [6.45, 7) is 0.582. The van der Waals surface area contributed by atoms with Gasteiger partial charge in [-0.1, -0.05) is 12.8 Å². The number of carbonyl (C=O) groups is 1. The fourth-order valence-corrected chi connectivity index (χ4v) is 2.31. The summed E-state index contributed by atoms with van der Waals surface area (Å²) < 4.78 is 0. The van der Waals surface area contributed by atoms with E-state index < -0.39 is 0 Å². The van der Waals surface area contributed by atoms with Crippen LogP contribution in [0.25, 0.3) is 0 Å². The third-order valence-corrected chi connectivity index (χ3v) is 3.26. The molecule has 4 heteroatoms. The summed E-state index contributed by atoms with van der Waals surface area (Å²) in [4.78, 5) is 14.7. The van der Waals surface area contributed by atoms with Crippen molar-refractivity contribution in [3.05, 3.63) is 24.0 Å². The molecular weight excluding hydrogens is 202 g/mol. The summed E-state index contributed by atoms with van der Waals surface area (Å²) in [7, 11) is 0. The second kappa shape index (κ2) is 4.70. The Bertz CT molecular complexity index is 339.